The molecule has 0 saturated heterocycles. The lowest BCUT2D eigenvalue weighted by molar-refractivity contribution is 0.296. The van der Waals surface area contributed by atoms with E-state index in [4.69, 9.17) is 4.52 Å². The van der Waals surface area contributed by atoms with Crippen LogP contribution in [0.25, 0.3) is 11.3 Å². The fourth-order valence-electron chi connectivity index (χ4n) is 1.30. The second-order valence-electron chi connectivity index (χ2n) is 3.66. The smallest absolute Gasteiger partial charge is 0.264 e. The first-order chi connectivity index (χ1) is 8.44. The van der Waals surface area contributed by atoms with Crippen LogP contribution in [-0.2, 0) is 20.9 Å². The molecule has 1 aromatic heterocycles. The highest BCUT2D eigenvalue weighted by Gasteiger charge is 2.09. The molecule has 0 radical (unpaired) electrons. The molecule has 1 heterocycles. The van der Waals surface area contributed by atoms with Gasteiger partial charge in [0.25, 0.3) is 10.1 Å². The predicted octanol–water partition coefficient (Wildman–Crippen LogP) is 2.42. The Balaban J connectivity index is 2.13. The van der Waals surface area contributed by atoms with E-state index in [1.54, 1.807) is 6.07 Å². The van der Waals surface area contributed by atoms with Gasteiger partial charge in [-0.25, -0.2) is 0 Å². The molecule has 0 N–H and O–H groups in total. The van der Waals surface area contributed by atoms with Gasteiger partial charge in [0.1, 0.15) is 12.3 Å². The van der Waals surface area contributed by atoms with E-state index in [-0.39, 0.29) is 6.61 Å². The number of aromatic nitrogens is 1. The SMILES string of the molecule is CS(=O)(=O)OCc1cc(-c2ccc(I)cc2)on1. The molecule has 0 saturated carbocycles. The standard InChI is InChI=1S/C11H10INO4S/c1-18(14,15)16-7-10-6-11(17-13-10)8-2-4-9(12)5-3-8/h2-6H,7H2,1H3. The first-order valence-corrected chi connectivity index (χ1v) is 7.89. The van der Waals surface area contributed by atoms with E-state index in [0.717, 1.165) is 15.4 Å². The van der Waals surface area contributed by atoms with E-state index in [1.165, 1.54) is 0 Å². The molecule has 2 rings (SSSR count). The van der Waals surface area contributed by atoms with E-state index in [9.17, 15) is 8.42 Å². The molecule has 0 aliphatic carbocycles. The minimum absolute atomic E-state index is 0.118. The minimum atomic E-state index is -3.47. The Kier molecular flexibility index (Phi) is 4.03. The van der Waals surface area contributed by atoms with Crippen molar-refractivity contribution in [1.82, 2.24) is 5.16 Å². The summed E-state index contributed by atoms with van der Waals surface area (Å²) in [5.41, 5.74) is 1.32. The fourth-order valence-corrected chi connectivity index (χ4v) is 1.99. The van der Waals surface area contributed by atoms with Crippen LogP contribution in [0.3, 0.4) is 0 Å². The highest BCUT2D eigenvalue weighted by Crippen LogP contribution is 2.21. The van der Waals surface area contributed by atoms with Gasteiger partial charge in [0, 0.05) is 15.2 Å². The van der Waals surface area contributed by atoms with Gasteiger partial charge in [-0.1, -0.05) is 17.3 Å². The van der Waals surface area contributed by atoms with Crippen LogP contribution in [0.15, 0.2) is 34.9 Å². The lowest BCUT2D eigenvalue weighted by Gasteiger charge is -1.95. The van der Waals surface area contributed by atoms with Crippen LogP contribution in [0.5, 0.6) is 0 Å². The Morgan fingerprint density at radius 1 is 1.33 bits per heavy atom. The van der Waals surface area contributed by atoms with Crippen molar-refractivity contribution in [1.29, 1.82) is 0 Å². The molecule has 2 aromatic rings. The van der Waals surface area contributed by atoms with Gasteiger partial charge in [0.05, 0.1) is 6.26 Å². The average molecular weight is 379 g/mol. The molecule has 1 aromatic carbocycles. The summed E-state index contributed by atoms with van der Waals surface area (Å²) < 4.78 is 32.6. The summed E-state index contributed by atoms with van der Waals surface area (Å²) in [4.78, 5) is 0. The Morgan fingerprint density at radius 3 is 2.61 bits per heavy atom. The topological polar surface area (TPSA) is 69.4 Å². The summed E-state index contributed by atoms with van der Waals surface area (Å²) in [5.74, 6) is 0.582. The number of benzene rings is 1. The molecule has 0 atom stereocenters. The van der Waals surface area contributed by atoms with Crippen molar-refractivity contribution in [2.45, 2.75) is 6.61 Å². The van der Waals surface area contributed by atoms with Crippen molar-refractivity contribution in [3.8, 4) is 11.3 Å². The van der Waals surface area contributed by atoms with Crippen LogP contribution >= 0.6 is 22.6 Å². The Bertz CT molecular complexity index is 633. The van der Waals surface area contributed by atoms with Crippen LogP contribution < -0.4 is 0 Å². The van der Waals surface area contributed by atoms with E-state index in [0.29, 0.717) is 11.5 Å². The highest BCUT2D eigenvalue weighted by atomic mass is 127. The van der Waals surface area contributed by atoms with Crippen molar-refractivity contribution in [2.24, 2.45) is 0 Å². The van der Waals surface area contributed by atoms with Gasteiger partial charge in [-0.2, -0.15) is 8.42 Å². The maximum atomic E-state index is 10.8. The van der Waals surface area contributed by atoms with Crippen LogP contribution in [0, 0.1) is 3.57 Å². The molecule has 18 heavy (non-hydrogen) atoms. The lowest BCUT2D eigenvalue weighted by Crippen LogP contribution is -2.02. The van der Waals surface area contributed by atoms with Gasteiger partial charge in [-0.05, 0) is 34.7 Å². The van der Waals surface area contributed by atoms with Gasteiger partial charge in [0.2, 0.25) is 0 Å². The van der Waals surface area contributed by atoms with Crippen molar-refractivity contribution in [3.05, 3.63) is 39.6 Å². The average Bonchev–Trinajstić information content (AvgIpc) is 2.75. The number of nitrogens with zero attached hydrogens (tertiary/aromatic N) is 1. The number of hydrogen-bond acceptors (Lipinski definition) is 5. The van der Waals surface area contributed by atoms with Crippen LogP contribution in [0.4, 0.5) is 0 Å². The second-order valence-corrected chi connectivity index (χ2v) is 6.55. The Hall–Kier alpha value is -0.930. The van der Waals surface area contributed by atoms with Gasteiger partial charge in [-0.3, -0.25) is 4.18 Å². The monoisotopic (exact) mass is 379 g/mol. The first-order valence-electron chi connectivity index (χ1n) is 5.00. The first kappa shape index (κ1) is 13.5. The molecule has 0 fully saturated rings. The van der Waals surface area contributed by atoms with Crippen molar-refractivity contribution >= 4 is 32.7 Å². The van der Waals surface area contributed by atoms with Crippen molar-refractivity contribution in [3.63, 3.8) is 0 Å². The van der Waals surface area contributed by atoms with Gasteiger partial charge in [0.15, 0.2) is 5.76 Å². The van der Waals surface area contributed by atoms with E-state index >= 15 is 0 Å². The zero-order valence-corrected chi connectivity index (χ0v) is 12.4. The third-order valence-electron chi connectivity index (χ3n) is 2.11. The van der Waals surface area contributed by atoms with Gasteiger partial charge >= 0.3 is 0 Å². The Labute approximate surface area is 118 Å². The largest absolute Gasteiger partial charge is 0.356 e. The minimum Gasteiger partial charge on any atom is -0.356 e. The van der Waals surface area contributed by atoms with E-state index in [1.807, 2.05) is 24.3 Å². The highest BCUT2D eigenvalue weighted by molar-refractivity contribution is 14.1. The molecule has 7 heteroatoms. The van der Waals surface area contributed by atoms with Gasteiger partial charge < -0.3 is 4.52 Å². The van der Waals surface area contributed by atoms with Crippen LogP contribution in [-0.4, -0.2) is 19.8 Å². The number of rotatable bonds is 4. The quantitative estimate of drug-likeness (QED) is 0.603. The Morgan fingerprint density at radius 2 is 2.00 bits per heavy atom. The summed E-state index contributed by atoms with van der Waals surface area (Å²) in [6.45, 7) is -0.118. The van der Waals surface area contributed by atoms with E-state index < -0.39 is 10.1 Å². The van der Waals surface area contributed by atoms with Gasteiger partial charge in [-0.15, -0.1) is 0 Å². The third kappa shape index (κ3) is 3.79. The molecule has 0 amide bonds. The second kappa shape index (κ2) is 5.37. The predicted molar refractivity (Wildman–Crippen MR) is 74.3 cm³/mol. The number of halogens is 1. The molecule has 0 bridgehead atoms. The molecule has 0 spiro atoms. The van der Waals surface area contributed by atoms with Crippen molar-refractivity contribution < 1.29 is 17.1 Å². The van der Waals surface area contributed by atoms with Crippen LogP contribution in [0.2, 0.25) is 0 Å². The normalized spacial score (nSPS) is 11.7. The summed E-state index contributed by atoms with van der Waals surface area (Å²) in [5, 5.41) is 3.75. The lowest BCUT2D eigenvalue weighted by atomic mass is 10.2. The summed E-state index contributed by atoms with van der Waals surface area (Å²) >= 11 is 2.21. The molecule has 5 nitrogen and oxygen atoms in total. The van der Waals surface area contributed by atoms with Crippen LogP contribution in [0.1, 0.15) is 5.69 Å². The zero-order chi connectivity index (χ0) is 13.2. The summed E-state index contributed by atoms with van der Waals surface area (Å²) in [7, 11) is -3.47. The maximum absolute atomic E-state index is 10.8. The molecule has 0 aliphatic heterocycles. The maximum Gasteiger partial charge on any atom is 0.264 e. The molecular weight excluding hydrogens is 369 g/mol. The third-order valence-corrected chi connectivity index (χ3v) is 3.37. The summed E-state index contributed by atoms with van der Waals surface area (Å²) in [6.07, 6.45) is 0.993. The van der Waals surface area contributed by atoms with Crippen molar-refractivity contribution in [2.75, 3.05) is 6.26 Å². The summed E-state index contributed by atoms with van der Waals surface area (Å²) in [6, 6.07) is 9.37. The number of hydrogen-bond donors (Lipinski definition) is 0. The molecule has 0 aliphatic rings. The molecular formula is C11H10INO4S. The molecule has 96 valence electrons. The fraction of sp³-hybridized carbons (Fsp3) is 0.182. The van der Waals surface area contributed by atoms with E-state index in [2.05, 4.69) is 31.9 Å². The zero-order valence-electron chi connectivity index (χ0n) is 9.46. The molecule has 0 unspecified atom stereocenters.